The van der Waals surface area contributed by atoms with Crippen molar-refractivity contribution in [3.8, 4) is 5.75 Å². The Bertz CT molecular complexity index is 588. The predicted molar refractivity (Wildman–Crippen MR) is 89.1 cm³/mol. The van der Waals surface area contributed by atoms with Gasteiger partial charge in [-0.3, -0.25) is 9.59 Å². The Morgan fingerprint density at radius 1 is 1.21 bits per heavy atom. The molecule has 1 aliphatic carbocycles. The molecule has 3 rings (SSSR count). The third-order valence-electron chi connectivity index (χ3n) is 5.16. The first-order valence-electron chi connectivity index (χ1n) is 8.47. The molecule has 6 heteroatoms. The zero-order chi connectivity index (χ0) is 17.1. The Morgan fingerprint density at radius 3 is 2.46 bits per heavy atom. The van der Waals surface area contributed by atoms with E-state index in [9.17, 15) is 9.59 Å². The number of carboxylic acid groups (broad SMARTS) is 1. The Hall–Kier alpha value is -2.08. The molecule has 3 N–H and O–H groups in total. The molecule has 1 saturated carbocycles. The number of hydrogen-bond donors (Lipinski definition) is 3. The maximum atomic E-state index is 12.3. The van der Waals surface area contributed by atoms with E-state index < -0.39 is 12.0 Å². The summed E-state index contributed by atoms with van der Waals surface area (Å²) in [6.07, 6.45) is 3.04. The number of nitrogens with one attached hydrogen (secondary N) is 2. The van der Waals surface area contributed by atoms with E-state index in [2.05, 4.69) is 22.8 Å². The summed E-state index contributed by atoms with van der Waals surface area (Å²) in [7, 11) is 1.66. The highest BCUT2D eigenvalue weighted by Gasteiger charge is 2.34. The summed E-state index contributed by atoms with van der Waals surface area (Å²) in [5.74, 6) is 0.426. The minimum atomic E-state index is -0.838. The molecule has 2 unspecified atom stereocenters. The van der Waals surface area contributed by atoms with E-state index in [4.69, 9.17) is 9.84 Å². The van der Waals surface area contributed by atoms with Gasteiger partial charge >= 0.3 is 5.97 Å². The number of carbonyl (C=O) groups excluding carboxylic acids is 1. The van der Waals surface area contributed by atoms with E-state index in [1.807, 2.05) is 12.1 Å². The van der Waals surface area contributed by atoms with Gasteiger partial charge in [0.25, 0.3) is 0 Å². The van der Waals surface area contributed by atoms with Crippen LogP contribution in [0.1, 0.15) is 37.2 Å². The number of ether oxygens (including phenoxy) is 1. The van der Waals surface area contributed by atoms with Crippen LogP contribution in [-0.2, 0) is 9.59 Å². The lowest BCUT2D eigenvalue weighted by molar-refractivity contribution is -0.141. The van der Waals surface area contributed by atoms with E-state index >= 15 is 0 Å². The lowest BCUT2D eigenvalue weighted by Gasteiger charge is -2.37. The molecule has 1 saturated heterocycles. The molecule has 1 amide bonds. The first-order valence-corrected chi connectivity index (χ1v) is 8.47. The van der Waals surface area contributed by atoms with Gasteiger partial charge in [-0.15, -0.1) is 0 Å². The quantitative estimate of drug-likeness (QED) is 0.761. The van der Waals surface area contributed by atoms with Gasteiger partial charge < -0.3 is 20.5 Å². The van der Waals surface area contributed by atoms with Crippen LogP contribution in [0.2, 0.25) is 0 Å². The zero-order valence-corrected chi connectivity index (χ0v) is 13.8. The fourth-order valence-electron chi connectivity index (χ4n) is 3.49. The standard InChI is InChI=1S/C18H24N2O4/c1-24-15-5-2-11(3-6-15)13-8-14(9-13)20-17(21)12-4-7-16(18(22)23)19-10-12/h2-3,5-6,12-14,16,19H,4,7-10H2,1H3,(H,20,21)(H,22,23). The number of hydrogen-bond acceptors (Lipinski definition) is 4. The van der Waals surface area contributed by atoms with Gasteiger partial charge in [-0.05, 0) is 49.3 Å². The SMILES string of the molecule is COc1ccc(C2CC(NC(=O)C3CCC(C(=O)O)NC3)C2)cc1. The molecular weight excluding hydrogens is 308 g/mol. The van der Waals surface area contributed by atoms with Crippen molar-refractivity contribution < 1.29 is 19.4 Å². The number of piperidine rings is 1. The summed E-state index contributed by atoms with van der Waals surface area (Å²) in [5, 5.41) is 15.0. The number of carboxylic acids is 1. The van der Waals surface area contributed by atoms with Crippen molar-refractivity contribution in [2.45, 2.75) is 43.7 Å². The molecule has 0 bridgehead atoms. The minimum absolute atomic E-state index is 0.0459. The third kappa shape index (κ3) is 3.70. The summed E-state index contributed by atoms with van der Waals surface area (Å²) in [6, 6.07) is 7.80. The zero-order valence-electron chi connectivity index (χ0n) is 13.8. The van der Waals surface area contributed by atoms with Gasteiger partial charge in [0.15, 0.2) is 0 Å². The smallest absolute Gasteiger partial charge is 0.320 e. The largest absolute Gasteiger partial charge is 0.497 e. The average Bonchev–Trinajstić information content (AvgIpc) is 2.58. The van der Waals surface area contributed by atoms with Gasteiger partial charge in [0.05, 0.1) is 13.0 Å². The van der Waals surface area contributed by atoms with Crippen molar-refractivity contribution in [3.05, 3.63) is 29.8 Å². The molecule has 2 atom stereocenters. The van der Waals surface area contributed by atoms with Crippen molar-refractivity contribution in [3.63, 3.8) is 0 Å². The van der Waals surface area contributed by atoms with Gasteiger partial charge in [0.1, 0.15) is 11.8 Å². The van der Waals surface area contributed by atoms with Crippen molar-refractivity contribution in [1.29, 1.82) is 0 Å². The first-order chi connectivity index (χ1) is 11.6. The second-order valence-corrected chi connectivity index (χ2v) is 6.72. The fourth-order valence-corrected chi connectivity index (χ4v) is 3.49. The van der Waals surface area contributed by atoms with Gasteiger partial charge in [-0.25, -0.2) is 0 Å². The van der Waals surface area contributed by atoms with E-state index in [0.29, 0.717) is 25.3 Å². The average molecular weight is 332 g/mol. The van der Waals surface area contributed by atoms with E-state index in [1.54, 1.807) is 7.11 Å². The second-order valence-electron chi connectivity index (χ2n) is 6.72. The van der Waals surface area contributed by atoms with Crippen molar-refractivity contribution in [2.24, 2.45) is 5.92 Å². The molecule has 2 aliphatic rings. The number of aliphatic carboxylic acids is 1. The summed E-state index contributed by atoms with van der Waals surface area (Å²) in [5.41, 5.74) is 1.28. The summed E-state index contributed by atoms with van der Waals surface area (Å²) < 4.78 is 5.16. The lowest BCUT2D eigenvalue weighted by Crippen LogP contribution is -2.51. The van der Waals surface area contributed by atoms with Gasteiger partial charge in [0.2, 0.25) is 5.91 Å². The van der Waals surface area contributed by atoms with Crippen molar-refractivity contribution >= 4 is 11.9 Å². The van der Waals surface area contributed by atoms with E-state index in [-0.39, 0.29) is 17.9 Å². The summed E-state index contributed by atoms with van der Waals surface area (Å²) >= 11 is 0. The molecule has 2 fully saturated rings. The highest BCUT2D eigenvalue weighted by atomic mass is 16.5. The molecule has 0 radical (unpaired) electrons. The van der Waals surface area contributed by atoms with Crippen molar-refractivity contribution in [2.75, 3.05) is 13.7 Å². The Labute approximate surface area is 141 Å². The maximum absolute atomic E-state index is 12.3. The molecule has 0 aromatic heterocycles. The van der Waals surface area contributed by atoms with Gasteiger partial charge in [-0.2, -0.15) is 0 Å². The number of carbonyl (C=O) groups is 2. The van der Waals surface area contributed by atoms with E-state index in [1.165, 1.54) is 5.56 Å². The maximum Gasteiger partial charge on any atom is 0.320 e. The Morgan fingerprint density at radius 2 is 1.92 bits per heavy atom. The first kappa shape index (κ1) is 16.8. The molecule has 6 nitrogen and oxygen atoms in total. The second kappa shape index (κ2) is 7.21. The number of rotatable bonds is 5. The van der Waals surface area contributed by atoms with Gasteiger partial charge in [0, 0.05) is 12.6 Å². The number of benzene rings is 1. The van der Waals surface area contributed by atoms with Crippen LogP contribution < -0.4 is 15.4 Å². The van der Waals surface area contributed by atoms with Crippen LogP contribution in [0.15, 0.2) is 24.3 Å². The van der Waals surface area contributed by atoms with E-state index in [0.717, 1.165) is 18.6 Å². The van der Waals surface area contributed by atoms with Crippen LogP contribution in [0.3, 0.4) is 0 Å². The van der Waals surface area contributed by atoms with Gasteiger partial charge in [-0.1, -0.05) is 12.1 Å². The summed E-state index contributed by atoms with van der Waals surface area (Å²) in [4.78, 5) is 23.2. The van der Waals surface area contributed by atoms with Crippen LogP contribution in [0.4, 0.5) is 0 Å². The van der Waals surface area contributed by atoms with Crippen LogP contribution in [-0.4, -0.2) is 42.7 Å². The molecule has 1 aromatic rings. The fraction of sp³-hybridized carbons (Fsp3) is 0.556. The van der Waals surface area contributed by atoms with Crippen LogP contribution in [0.25, 0.3) is 0 Å². The summed E-state index contributed by atoms with van der Waals surface area (Å²) in [6.45, 7) is 0.442. The topological polar surface area (TPSA) is 87.7 Å². The molecule has 0 spiro atoms. The van der Waals surface area contributed by atoms with Crippen LogP contribution >= 0.6 is 0 Å². The lowest BCUT2D eigenvalue weighted by atomic mass is 9.75. The van der Waals surface area contributed by atoms with Crippen molar-refractivity contribution in [1.82, 2.24) is 10.6 Å². The molecule has 1 heterocycles. The monoisotopic (exact) mass is 332 g/mol. The predicted octanol–water partition coefficient (Wildman–Crippen LogP) is 1.51. The number of amides is 1. The number of methoxy groups -OCH3 is 1. The Balaban J connectivity index is 1.42. The molecule has 24 heavy (non-hydrogen) atoms. The Kier molecular flexibility index (Phi) is 5.04. The minimum Gasteiger partial charge on any atom is -0.497 e. The normalized spacial score (nSPS) is 29.4. The third-order valence-corrected chi connectivity index (χ3v) is 5.16. The highest BCUT2D eigenvalue weighted by molar-refractivity contribution is 5.80. The van der Waals surface area contributed by atoms with Crippen LogP contribution in [0.5, 0.6) is 5.75 Å². The molecule has 1 aliphatic heterocycles. The molecular formula is C18H24N2O4. The highest BCUT2D eigenvalue weighted by Crippen LogP contribution is 2.37. The van der Waals surface area contributed by atoms with Crippen LogP contribution in [0, 0.1) is 5.92 Å². The molecule has 130 valence electrons. The molecule has 1 aromatic carbocycles.